The molecule has 88 valence electrons. The second-order valence-electron chi connectivity index (χ2n) is 4.97. The van der Waals surface area contributed by atoms with Gasteiger partial charge in [-0.1, -0.05) is 26.7 Å². The van der Waals surface area contributed by atoms with E-state index >= 15 is 0 Å². The van der Waals surface area contributed by atoms with Crippen LogP contribution in [0.5, 0.6) is 0 Å². The third kappa shape index (κ3) is 3.04. The summed E-state index contributed by atoms with van der Waals surface area (Å²) >= 11 is 0. The first kappa shape index (κ1) is 12.7. The number of ketones is 1. The van der Waals surface area contributed by atoms with Crippen molar-refractivity contribution in [3.05, 3.63) is 0 Å². The van der Waals surface area contributed by atoms with Crippen molar-refractivity contribution in [2.45, 2.75) is 65.5 Å². The van der Waals surface area contributed by atoms with Crippen molar-refractivity contribution < 1.29 is 4.79 Å². The smallest absolute Gasteiger partial charge is 0.138 e. The van der Waals surface area contributed by atoms with E-state index in [0.29, 0.717) is 17.9 Å². The molecule has 1 rings (SSSR count). The Morgan fingerprint density at radius 3 is 2.73 bits per heavy atom. The van der Waals surface area contributed by atoms with Gasteiger partial charge in [-0.25, -0.2) is 0 Å². The molecule has 15 heavy (non-hydrogen) atoms. The molecule has 1 fully saturated rings. The molecule has 1 saturated heterocycles. The lowest BCUT2D eigenvalue weighted by Gasteiger charge is -2.41. The lowest BCUT2D eigenvalue weighted by molar-refractivity contribution is -0.128. The van der Waals surface area contributed by atoms with Gasteiger partial charge in [-0.3, -0.25) is 9.69 Å². The van der Waals surface area contributed by atoms with Crippen LogP contribution < -0.4 is 0 Å². The van der Waals surface area contributed by atoms with E-state index in [0.717, 1.165) is 13.0 Å². The summed E-state index contributed by atoms with van der Waals surface area (Å²) in [5.41, 5.74) is 0. The number of piperidine rings is 1. The van der Waals surface area contributed by atoms with Gasteiger partial charge in [0.05, 0.1) is 0 Å². The summed E-state index contributed by atoms with van der Waals surface area (Å²) < 4.78 is 0. The SMILES string of the molecule is CCCCC(C)N1CCC(=O)C(C)C1C. The maximum absolute atomic E-state index is 11.6. The van der Waals surface area contributed by atoms with Gasteiger partial charge in [-0.15, -0.1) is 0 Å². The molecule has 0 aromatic heterocycles. The van der Waals surface area contributed by atoms with Gasteiger partial charge in [0.2, 0.25) is 0 Å². The van der Waals surface area contributed by atoms with Crippen molar-refractivity contribution >= 4 is 5.78 Å². The van der Waals surface area contributed by atoms with Crippen molar-refractivity contribution in [3.8, 4) is 0 Å². The van der Waals surface area contributed by atoms with Crippen LogP contribution in [0, 0.1) is 5.92 Å². The molecule has 0 spiro atoms. The van der Waals surface area contributed by atoms with Gasteiger partial charge < -0.3 is 0 Å². The molecule has 2 heteroatoms. The number of likely N-dealkylation sites (tertiary alicyclic amines) is 1. The van der Waals surface area contributed by atoms with Crippen LogP contribution in [0.3, 0.4) is 0 Å². The molecule has 0 N–H and O–H groups in total. The monoisotopic (exact) mass is 211 g/mol. The van der Waals surface area contributed by atoms with E-state index in [1.807, 2.05) is 0 Å². The van der Waals surface area contributed by atoms with Crippen molar-refractivity contribution in [1.29, 1.82) is 0 Å². The molecule has 0 aromatic carbocycles. The first-order valence-electron chi connectivity index (χ1n) is 6.36. The molecule has 1 heterocycles. The molecule has 1 aliphatic rings. The molecule has 3 unspecified atom stereocenters. The Hall–Kier alpha value is -0.370. The fourth-order valence-electron chi connectivity index (χ4n) is 2.51. The molecule has 0 bridgehead atoms. The van der Waals surface area contributed by atoms with Gasteiger partial charge in [0.1, 0.15) is 5.78 Å². The second kappa shape index (κ2) is 5.64. The van der Waals surface area contributed by atoms with Gasteiger partial charge in [0, 0.05) is 31.0 Å². The molecule has 0 saturated carbocycles. The highest BCUT2D eigenvalue weighted by molar-refractivity contribution is 5.82. The average molecular weight is 211 g/mol. The normalized spacial score (nSPS) is 30.5. The maximum atomic E-state index is 11.6. The molecule has 2 nitrogen and oxygen atoms in total. The maximum Gasteiger partial charge on any atom is 0.138 e. The number of unbranched alkanes of at least 4 members (excludes halogenated alkanes) is 1. The summed E-state index contributed by atoms with van der Waals surface area (Å²) in [6.45, 7) is 9.78. The van der Waals surface area contributed by atoms with E-state index < -0.39 is 0 Å². The molecular formula is C13H25NO. The van der Waals surface area contributed by atoms with Crippen molar-refractivity contribution in [2.24, 2.45) is 5.92 Å². The van der Waals surface area contributed by atoms with E-state index in [1.54, 1.807) is 0 Å². The van der Waals surface area contributed by atoms with Crippen molar-refractivity contribution in [2.75, 3.05) is 6.54 Å². The van der Waals surface area contributed by atoms with E-state index in [9.17, 15) is 4.79 Å². The minimum atomic E-state index is 0.225. The lowest BCUT2D eigenvalue weighted by Crippen LogP contribution is -2.50. The fourth-order valence-corrected chi connectivity index (χ4v) is 2.51. The Morgan fingerprint density at radius 1 is 1.47 bits per heavy atom. The first-order valence-corrected chi connectivity index (χ1v) is 6.36. The second-order valence-corrected chi connectivity index (χ2v) is 4.97. The minimum absolute atomic E-state index is 0.225. The van der Waals surface area contributed by atoms with Crippen molar-refractivity contribution in [3.63, 3.8) is 0 Å². The quantitative estimate of drug-likeness (QED) is 0.712. The first-order chi connectivity index (χ1) is 7.07. The lowest BCUT2D eigenvalue weighted by atomic mass is 9.89. The Bertz CT molecular complexity index is 215. The van der Waals surface area contributed by atoms with Crippen LogP contribution in [0.15, 0.2) is 0 Å². The number of rotatable bonds is 4. The zero-order valence-corrected chi connectivity index (χ0v) is 10.6. The Balaban J connectivity index is 2.51. The largest absolute Gasteiger partial charge is 0.299 e. The Kier molecular flexibility index (Phi) is 4.78. The molecule has 0 aromatic rings. The number of Topliss-reactive ketones (excluding diaryl/α,β-unsaturated/α-hetero) is 1. The predicted molar refractivity (Wildman–Crippen MR) is 63.9 cm³/mol. The fraction of sp³-hybridized carbons (Fsp3) is 0.923. The summed E-state index contributed by atoms with van der Waals surface area (Å²) in [5, 5.41) is 0. The third-order valence-electron chi connectivity index (χ3n) is 3.91. The van der Waals surface area contributed by atoms with E-state index in [2.05, 4.69) is 32.6 Å². The summed E-state index contributed by atoms with van der Waals surface area (Å²) in [7, 11) is 0. The highest BCUT2D eigenvalue weighted by atomic mass is 16.1. The average Bonchev–Trinajstić information content (AvgIpc) is 2.23. The van der Waals surface area contributed by atoms with Crippen molar-refractivity contribution in [1.82, 2.24) is 4.90 Å². The Morgan fingerprint density at radius 2 is 2.13 bits per heavy atom. The van der Waals surface area contributed by atoms with Crippen LogP contribution in [0.25, 0.3) is 0 Å². The van der Waals surface area contributed by atoms with Gasteiger partial charge in [0.25, 0.3) is 0 Å². The number of hydrogen-bond acceptors (Lipinski definition) is 2. The van der Waals surface area contributed by atoms with Gasteiger partial charge in [-0.2, -0.15) is 0 Å². The standard InChI is InChI=1S/C13H25NO/c1-5-6-7-10(2)14-9-8-13(15)11(3)12(14)4/h10-12H,5-9H2,1-4H3. The van der Waals surface area contributed by atoms with Crippen LogP contribution in [-0.4, -0.2) is 29.3 Å². The zero-order valence-electron chi connectivity index (χ0n) is 10.6. The van der Waals surface area contributed by atoms with E-state index in [4.69, 9.17) is 0 Å². The topological polar surface area (TPSA) is 20.3 Å². The number of carbonyl (C=O) groups is 1. The summed E-state index contributed by atoms with van der Waals surface area (Å²) in [5.74, 6) is 0.671. The van der Waals surface area contributed by atoms with Crippen LogP contribution in [0.2, 0.25) is 0 Å². The van der Waals surface area contributed by atoms with Gasteiger partial charge in [-0.05, 0) is 20.3 Å². The third-order valence-corrected chi connectivity index (χ3v) is 3.91. The van der Waals surface area contributed by atoms with Crippen LogP contribution in [0.1, 0.15) is 53.4 Å². The summed E-state index contributed by atoms with van der Waals surface area (Å²) in [4.78, 5) is 14.1. The zero-order chi connectivity index (χ0) is 11.4. The van der Waals surface area contributed by atoms with Crippen LogP contribution in [0.4, 0.5) is 0 Å². The molecular weight excluding hydrogens is 186 g/mol. The number of nitrogens with zero attached hydrogens (tertiary/aromatic N) is 1. The highest BCUT2D eigenvalue weighted by Crippen LogP contribution is 2.23. The number of hydrogen-bond donors (Lipinski definition) is 0. The Labute approximate surface area is 94.0 Å². The molecule has 3 atom stereocenters. The molecule has 0 aliphatic carbocycles. The van der Waals surface area contributed by atoms with Crippen LogP contribution >= 0.6 is 0 Å². The summed E-state index contributed by atoms with van der Waals surface area (Å²) in [6.07, 6.45) is 4.58. The van der Waals surface area contributed by atoms with Gasteiger partial charge >= 0.3 is 0 Å². The molecule has 0 amide bonds. The van der Waals surface area contributed by atoms with E-state index in [1.165, 1.54) is 19.3 Å². The highest BCUT2D eigenvalue weighted by Gasteiger charge is 2.32. The molecule has 0 radical (unpaired) electrons. The van der Waals surface area contributed by atoms with E-state index in [-0.39, 0.29) is 5.92 Å². The van der Waals surface area contributed by atoms with Gasteiger partial charge in [0.15, 0.2) is 0 Å². The molecule has 1 aliphatic heterocycles. The minimum Gasteiger partial charge on any atom is -0.299 e. The predicted octanol–water partition coefficient (Wildman–Crippen LogP) is 2.86. The van der Waals surface area contributed by atoms with Crippen LogP contribution in [-0.2, 0) is 4.79 Å². The number of carbonyl (C=O) groups excluding carboxylic acids is 1. The summed E-state index contributed by atoms with van der Waals surface area (Å²) in [6, 6.07) is 1.06.